The third-order valence-corrected chi connectivity index (χ3v) is 4.72. The third kappa shape index (κ3) is 7.79. The minimum Gasteiger partial charge on any atom is -0.355 e. The molecule has 6 heteroatoms. The number of likely N-dealkylation sites (N-methyl/N-ethyl adjacent to an activating group) is 2. The van der Waals surface area contributed by atoms with E-state index in [1.807, 2.05) is 0 Å². The normalized spacial score (nSPS) is 17.6. The predicted molar refractivity (Wildman–Crippen MR) is 91.2 cm³/mol. The molecule has 0 bridgehead atoms. The van der Waals surface area contributed by atoms with Crippen molar-refractivity contribution in [1.29, 1.82) is 0 Å². The summed E-state index contributed by atoms with van der Waals surface area (Å²) in [5, 5.41) is 5.86. The minimum absolute atomic E-state index is 0.0514. The van der Waals surface area contributed by atoms with Gasteiger partial charge in [-0.2, -0.15) is 0 Å². The molecule has 0 aromatic carbocycles. The van der Waals surface area contributed by atoms with Crippen LogP contribution in [0.15, 0.2) is 0 Å². The van der Waals surface area contributed by atoms with Gasteiger partial charge in [0.2, 0.25) is 11.8 Å². The molecule has 0 aromatic rings. The second-order valence-corrected chi connectivity index (χ2v) is 6.98. The summed E-state index contributed by atoms with van der Waals surface area (Å²) in [7, 11) is 4.21. The van der Waals surface area contributed by atoms with Crippen molar-refractivity contribution in [3.63, 3.8) is 0 Å². The van der Waals surface area contributed by atoms with E-state index in [1.54, 1.807) is 0 Å². The van der Waals surface area contributed by atoms with Crippen molar-refractivity contribution in [1.82, 2.24) is 20.4 Å². The molecule has 0 unspecified atom stereocenters. The highest BCUT2D eigenvalue weighted by molar-refractivity contribution is 5.78. The van der Waals surface area contributed by atoms with E-state index in [0.29, 0.717) is 32.4 Å². The lowest BCUT2D eigenvalue weighted by Crippen LogP contribution is -2.34. The highest BCUT2D eigenvalue weighted by Gasteiger charge is 2.26. The van der Waals surface area contributed by atoms with Crippen LogP contribution in [0.3, 0.4) is 0 Å². The SMILES string of the molecule is CN(CCNC(=O)CCCC(=O)NCCN(C)C1CC1)C1CC1. The number of hydrogen-bond acceptors (Lipinski definition) is 4. The van der Waals surface area contributed by atoms with Gasteiger partial charge in [-0.25, -0.2) is 0 Å². The average Bonchev–Trinajstić information content (AvgIpc) is 3.40. The molecule has 0 saturated heterocycles. The van der Waals surface area contributed by atoms with Crippen molar-refractivity contribution in [2.45, 2.75) is 57.0 Å². The van der Waals surface area contributed by atoms with Crippen LogP contribution in [0, 0.1) is 0 Å². The lowest BCUT2D eigenvalue weighted by Gasteiger charge is -2.16. The van der Waals surface area contributed by atoms with Crippen molar-refractivity contribution < 1.29 is 9.59 Å². The Morgan fingerprint density at radius 1 is 0.826 bits per heavy atom. The topological polar surface area (TPSA) is 64.7 Å². The van der Waals surface area contributed by atoms with Crippen LogP contribution in [-0.4, -0.2) is 74.0 Å². The van der Waals surface area contributed by atoms with Crippen LogP contribution >= 0.6 is 0 Å². The molecule has 2 fully saturated rings. The molecule has 2 amide bonds. The monoisotopic (exact) mass is 324 g/mol. The molecular formula is C17H32N4O2. The zero-order valence-electron chi connectivity index (χ0n) is 14.6. The second kappa shape index (κ2) is 9.23. The first-order valence-corrected chi connectivity index (χ1v) is 9.00. The van der Waals surface area contributed by atoms with Crippen LogP contribution in [0.1, 0.15) is 44.9 Å². The molecule has 0 atom stereocenters. The first-order valence-electron chi connectivity index (χ1n) is 9.00. The Kier molecular flexibility index (Phi) is 7.30. The molecule has 2 aliphatic carbocycles. The molecule has 0 heterocycles. The van der Waals surface area contributed by atoms with Gasteiger partial charge in [0.1, 0.15) is 0 Å². The standard InChI is InChI=1S/C17H32N4O2/c1-20(14-6-7-14)12-10-18-16(22)4-3-5-17(23)19-11-13-21(2)15-8-9-15/h14-15H,3-13H2,1-2H3,(H,18,22)(H,19,23). The van der Waals surface area contributed by atoms with Crippen LogP contribution in [0.4, 0.5) is 0 Å². The van der Waals surface area contributed by atoms with E-state index in [4.69, 9.17) is 0 Å². The number of nitrogens with one attached hydrogen (secondary N) is 2. The van der Waals surface area contributed by atoms with Gasteiger partial charge in [-0.1, -0.05) is 0 Å². The number of carbonyl (C=O) groups is 2. The van der Waals surface area contributed by atoms with Crippen molar-refractivity contribution in [3.8, 4) is 0 Å². The summed E-state index contributed by atoms with van der Waals surface area (Å²) in [6, 6.07) is 1.46. The molecule has 0 spiro atoms. The Morgan fingerprint density at radius 2 is 1.22 bits per heavy atom. The van der Waals surface area contributed by atoms with Gasteiger partial charge in [-0.05, 0) is 46.2 Å². The van der Waals surface area contributed by atoms with E-state index in [-0.39, 0.29) is 11.8 Å². The van der Waals surface area contributed by atoms with E-state index in [9.17, 15) is 9.59 Å². The number of nitrogens with zero attached hydrogens (tertiary/aromatic N) is 2. The molecule has 132 valence electrons. The van der Waals surface area contributed by atoms with Gasteiger partial charge < -0.3 is 20.4 Å². The second-order valence-electron chi connectivity index (χ2n) is 6.98. The van der Waals surface area contributed by atoms with Gasteiger partial charge in [-0.3, -0.25) is 9.59 Å². The number of carbonyl (C=O) groups excluding carboxylic acids is 2. The smallest absolute Gasteiger partial charge is 0.220 e. The maximum absolute atomic E-state index is 11.7. The predicted octanol–water partition coefficient (Wildman–Crippen LogP) is 0.578. The molecular weight excluding hydrogens is 292 g/mol. The Labute approximate surface area is 140 Å². The maximum atomic E-state index is 11.7. The van der Waals surface area contributed by atoms with Crippen LogP contribution in [0.25, 0.3) is 0 Å². The van der Waals surface area contributed by atoms with Crippen LogP contribution < -0.4 is 10.6 Å². The zero-order chi connectivity index (χ0) is 16.7. The Balaban J connectivity index is 1.40. The summed E-state index contributed by atoms with van der Waals surface area (Å²) in [5.74, 6) is 0.103. The summed E-state index contributed by atoms with van der Waals surface area (Å²) in [5.41, 5.74) is 0. The Bertz CT molecular complexity index is 358. The van der Waals surface area contributed by atoms with E-state index in [1.165, 1.54) is 25.7 Å². The summed E-state index contributed by atoms with van der Waals surface area (Å²) < 4.78 is 0. The van der Waals surface area contributed by atoms with E-state index in [0.717, 1.165) is 25.2 Å². The van der Waals surface area contributed by atoms with Crippen LogP contribution in [0.5, 0.6) is 0 Å². The summed E-state index contributed by atoms with van der Waals surface area (Å²) in [6.45, 7) is 3.22. The quantitative estimate of drug-likeness (QED) is 0.551. The molecule has 0 aliphatic heterocycles. The average molecular weight is 324 g/mol. The van der Waals surface area contributed by atoms with Crippen molar-refractivity contribution in [3.05, 3.63) is 0 Å². The van der Waals surface area contributed by atoms with E-state index >= 15 is 0 Å². The first kappa shape index (κ1) is 18.2. The molecule has 2 N–H and O–H groups in total. The highest BCUT2D eigenvalue weighted by Crippen LogP contribution is 2.25. The van der Waals surface area contributed by atoms with Gasteiger partial charge in [0.25, 0.3) is 0 Å². The molecule has 2 rings (SSSR count). The third-order valence-electron chi connectivity index (χ3n) is 4.72. The van der Waals surface area contributed by atoms with Gasteiger partial charge in [0.05, 0.1) is 0 Å². The number of amides is 2. The Hall–Kier alpha value is -1.14. The fourth-order valence-corrected chi connectivity index (χ4v) is 2.73. The fourth-order valence-electron chi connectivity index (χ4n) is 2.73. The largest absolute Gasteiger partial charge is 0.355 e. The van der Waals surface area contributed by atoms with Crippen LogP contribution in [-0.2, 0) is 9.59 Å². The molecule has 6 nitrogen and oxygen atoms in total. The van der Waals surface area contributed by atoms with Crippen LogP contribution in [0.2, 0.25) is 0 Å². The van der Waals surface area contributed by atoms with Gasteiger partial charge in [0, 0.05) is 51.1 Å². The summed E-state index contributed by atoms with van der Waals surface area (Å²) in [4.78, 5) is 28.0. The van der Waals surface area contributed by atoms with Gasteiger partial charge >= 0.3 is 0 Å². The van der Waals surface area contributed by atoms with Gasteiger partial charge in [-0.15, -0.1) is 0 Å². The fraction of sp³-hybridized carbons (Fsp3) is 0.882. The molecule has 0 radical (unpaired) electrons. The van der Waals surface area contributed by atoms with Crippen molar-refractivity contribution in [2.24, 2.45) is 0 Å². The highest BCUT2D eigenvalue weighted by atomic mass is 16.2. The first-order chi connectivity index (χ1) is 11.1. The maximum Gasteiger partial charge on any atom is 0.220 e. The Morgan fingerprint density at radius 3 is 1.57 bits per heavy atom. The summed E-state index contributed by atoms with van der Waals surface area (Å²) >= 11 is 0. The van der Waals surface area contributed by atoms with E-state index < -0.39 is 0 Å². The molecule has 0 aromatic heterocycles. The number of rotatable bonds is 12. The molecule has 2 saturated carbocycles. The number of hydrogen-bond donors (Lipinski definition) is 2. The zero-order valence-corrected chi connectivity index (χ0v) is 14.6. The van der Waals surface area contributed by atoms with Crippen molar-refractivity contribution in [2.75, 3.05) is 40.3 Å². The molecule has 2 aliphatic rings. The lowest BCUT2D eigenvalue weighted by molar-refractivity contribution is -0.122. The minimum atomic E-state index is 0.0514. The molecule has 23 heavy (non-hydrogen) atoms. The lowest BCUT2D eigenvalue weighted by atomic mass is 10.2. The van der Waals surface area contributed by atoms with Crippen molar-refractivity contribution >= 4 is 11.8 Å². The van der Waals surface area contributed by atoms with Gasteiger partial charge in [0.15, 0.2) is 0 Å². The summed E-state index contributed by atoms with van der Waals surface area (Å²) in [6.07, 6.45) is 6.64. The van der Waals surface area contributed by atoms with E-state index in [2.05, 4.69) is 34.5 Å².